The van der Waals surface area contributed by atoms with Crippen LogP contribution in [0.5, 0.6) is 0 Å². The minimum Gasteiger partial charge on any atom is -0.481 e. The monoisotopic (exact) mass is 582 g/mol. The fourth-order valence-electron chi connectivity index (χ4n) is 4.75. The summed E-state index contributed by atoms with van der Waals surface area (Å²) in [5.74, 6) is -1.57. The number of amides is 2. The number of benzene rings is 3. The van der Waals surface area contributed by atoms with Gasteiger partial charge in [-0.3, -0.25) is 14.9 Å². The molecule has 5 rings (SSSR count). The number of carbonyl (C=O) groups is 3. The molecule has 3 aromatic carbocycles. The summed E-state index contributed by atoms with van der Waals surface area (Å²) in [5.41, 5.74) is 5.44. The van der Waals surface area contributed by atoms with Gasteiger partial charge in [0.15, 0.2) is 0 Å². The summed E-state index contributed by atoms with van der Waals surface area (Å²) in [6.45, 7) is 0.198. The highest BCUT2D eigenvalue weighted by atomic mass is 127. The molecule has 0 unspecified atom stereocenters. The molecule has 1 fully saturated rings. The van der Waals surface area contributed by atoms with Crippen molar-refractivity contribution < 1.29 is 24.2 Å². The Kier molecular flexibility index (Phi) is 6.46. The van der Waals surface area contributed by atoms with Gasteiger partial charge in [0.25, 0.3) is 5.91 Å². The third-order valence-electron chi connectivity index (χ3n) is 6.57. The summed E-state index contributed by atoms with van der Waals surface area (Å²) in [7, 11) is 0. The molecule has 1 saturated carbocycles. The lowest BCUT2D eigenvalue weighted by molar-refractivity contribution is -0.145. The molecule has 3 aromatic rings. The van der Waals surface area contributed by atoms with Crippen LogP contribution in [0.3, 0.4) is 0 Å². The van der Waals surface area contributed by atoms with E-state index in [1.807, 2.05) is 24.3 Å². The number of carbonyl (C=O) groups excluding carboxylic acids is 2. The Hall–Kier alpha value is -3.40. The number of nitrogens with one attached hydrogen (secondary N) is 2. The first kappa shape index (κ1) is 23.3. The molecular weight excluding hydrogens is 559 g/mol. The van der Waals surface area contributed by atoms with Crippen molar-refractivity contribution in [2.75, 3.05) is 11.9 Å². The summed E-state index contributed by atoms with van der Waals surface area (Å²) < 4.78 is 6.38. The van der Waals surface area contributed by atoms with Crippen LogP contribution in [0.4, 0.5) is 10.5 Å². The first-order chi connectivity index (χ1) is 16.9. The molecule has 7 nitrogen and oxygen atoms in total. The lowest BCUT2D eigenvalue weighted by Gasteiger charge is -2.32. The first-order valence-electron chi connectivity index (χ1n) is 11.4. The van der Waals surface area contributed by atoms with Crippen molar-refractivity contribution >= 4 is 46.2 Å². The Morgan fingerprint density at radius 1 is 0.943 bits per heavy atom. The van der Waals surface area contributed by atoms with Gasteiger partial charge in [0.2, 0.25) is 0 Å². The van der Waals surface area contributed by atoms with Crippen LogP contribution in [0.15, 0.2) is 66.7 Å². The van der Waals surface area contributed by atoms with Gasteiger partial charge in [-0.25, -0.2) is 4.79 Å². The van der Waals surface area contributed by atoms with E-state index < -0.39 is 18.0 Å². The maximum atomic E-state index is 12.6. The van der Waals surface area contributed by atoms with Crippen molar-refractivity contribution in [3.05, 3.63) is 87.0 Å². The molecule has 2 aliphatic rings. The van der Waals surface area contributed by atoms with Crippen molar-refractivity contribution in [3.63, 3.8) is 0 Å². The molecule has 0 aliphatic heterocycles. The molecule has 0 radical (unpaired) electrons. The van der Waals surface area contributed by atoms with E-state index in [0.29, 0.717) is 24.1 Å². The SMILES string of the molecule is O=C(Nc1cc(I)cc(C(=O)NC2CC(C(=O)O)C2)c1)OCC1c2ccccc2-c2ccccc21. The Morgan fingerprint density at radius 3 is 2.20 bits per heavy atom. The second-order valence-corrected chi connectivity index (χ2v) is 10.1. The third-order valence-corrected chi connectivity index (χ3v) is 7.20. The molecule has 8 heteroatoms. The van der Waals surface area contributed by atoms with Crippen molar-refractivity contribution in [3.8, 4) is 11.1 Å². The topological polar surface area (TPSA) is 105 Å². The van der Waals surface area contributed by atoms with Gasteiger partial charge in [-0.2, -0.15) is 0 Å². The number of hydrogen-bond donors (Lipinski definition) is 3. The molecule has 0 bridgehead atoms. The molecule has 2 amide bonds. The van der Waals surface area contributed by atoms with Crippen LogP contribution < -0.4 is 10.6 Å². The van der Waals surface area contributed by atoms with Crippen molar-refractivity contribution in [1.29, 1.82) is 0 Å². The van der Waals surface area contributed by atoms with Gasteiger partial charge in [0, 0.05) is 26.8 Å². The van der Waals surface area contributed by atoms with Gasteiger partial charge in [-0.05, 0) is 75.9 Å². The van der Waals surface area contributed by atoms with Crippen LogP contribution in [0.1, 0.15) is 40.2 Å². The smallest absolute Gasteiger partial charge is 0.411 e. The molecular formula is C27H23IN2O5. The maximum absolute atomic E-state index is 12.6. The van der Waals surface area contributed by atoms with Gasteiger partial charge in [0.05, 0.1) is 5.92 Å². The summed E-state index contributed by atoms with van der Waals surface area (Å²) in [6.07, 6.45) is 0.259. The largest absolute Gasteiger partial charge is 0.481 e. The molecule has 0 aromatic heterocycles. The molecule has 0 heterocycles. The van der Waals surface area contributed by atoms with E-state index in [2.05, 4.69) is 57.5 Å². The first-order valence-corrected chi connectivity index (χ1v) is 12.4. The number of fused-ring (bicyclic) bond motifs is 3. The zero-order valence-electron chi connectivity index (χ0n) is 18.7. The molecule has 0 saturated heterocycles. The number of carboxylic acids is 1. The predicted octanol–water partition coefficient (Wildman–Crippen LogP) is 5.25. The number of halogens is 1. The zero-order valence-corrected chi connectivity index (χ0v) is 20.8. The fraction of sp³-hybridized carbons (Fsp3) is 0.222. The quantitative estimate of drug-likeness (QED) is 0.345. The zero-order chi connectivity index (χ0) is 24.5. The van der Waals surface area contributed by atoms with Crippen LogP contribution in [0.25, 0.3) is 11.1 Å². The van der Waals surface area contributed by atoms with E-state index in [0.717, 1.165) is 25.8 Å². The summed E-state index contributed by atoms with van der Waals surface area (Å²) >= 11 is 2.08. The number of carboxylic acid groups (broad SMARTS) is 1. The van der Waals surface area contributed by atoms with E-state index in [1.54, 1.807) is 18.2 Å². The van der Waals surface area contributed by atoms with Crippen LogP contribution in [-0.2, 0) is 9.53 Å². The molecule has 35 heavy (non-hydrogen) atoms. The molecule has 3 N–H and O–H groups in total. The second kappa shape index (κ2) is 9.69. The van der Waals surface area contributed by atoms with Gasteiger partial charge >= 0.3 is 12.1 Å². The minimum atomic E-state index is -0.834. The van der Waals surface area contributed by atoms with E-state index >= 15 is 0 Å². The third kappa shape index (κ3) is 4.88. The van der Waals surface area contributed by atoms with Gasteiger partial charge < -0.3 is 15.2 Å². The fourth-order valence-corrected chi connectivity index (χ4v) is 5.42. The summed E-state index contributed by atoms with van der Waals surface area (Å²) in [4.78, 5) is 36.2. The predicted molar refractivity (Wildman–Crippen MR) is 139 cm³/mol. The maximum Gasteiger partial charge on any atom is 0.411 e. The van der Waals surface area contributed by atoms with Crippen molar-refractivity contribution in [2.24, 2.45) is 5.92 Å². The normalized spacial score (nSPS) is 18.1. The standard InChI is InChI=1S/C27H23IN2O5/c28-17-9-15(25(31)29-18-11-16(12-18)26(32)33)10-19(13-17)30-27(34)35-14-24-22-7-3-1-5-20(22)21-6-2-4-8-23(21)24/h1-10,13,16,18,24H,11-12,14H2,(H,29,31)(H,30,34)(H,32,33). The highest BCUT2D eigenvalue weighted by Crippen LogP contribution is 2.44. The molecule has 178 valence electrons. The second-order valence-electron chi connectivity index (χ2n) is 8.86. The number of rotatable bonds is 6. The lowest BCUT2D eigenvalue weighted by atomic mass is 9.80. The Labute approximate surface area is 216 Å². The highest BCUT2D eigenvalue weighted by molar-refractivity contribution is 14.1. The van der Waals surface area contributed by atoms with Crippen LogP contribution in [0, 0.1) is 9.49 Å². The number of hydrogen-bond acceptors (Lipinski definition) is 4. The Balaban J connectivity index is 1.22. The van der Waals surface area contributed by atoms with Gasteiger partial charge in [-0.1, -0.05) is 48.5 Å². The summed E-state index contributed by atoms with van der Waals surface area (Å²) in [6, 6.07) is 21.2. The number of ether oxygens (including phenoxy) is 1. The van der Waals surface area contributed by atoms with Crippen molar-refractivity contribution in [1.82, 2.24) is 5.32 Å². The van der Waals surface area contributed by atoms with E-state index in [4.69, 9.17) is 9.84 Å². The molecule has 2 aliphatic carbocycles. The van der Waals surface area contributed by atoms with Gasteiger partial charge in [0.1, 0.15) is 6.61 Å². The number of anilines is 1. The summed E-state index contributed by atoms with van der Waals surface area (Å²) in [5, 5.41) is 14.6. The Morgan fingerprint density at radius 2 is 1.57 bits per heavy atom. The molecule has 0 atom stereocenters. The Bertz CT molecular complexity index is 1270. The molecule has 0 spiro atoms. The minimum absolute atomic E-state index is 0.0393. The number of aliphatic carboxylic acids is 1. The van der Waals surface area contributed by atoms with Gasteiger partial charge in [-0.15, -0.1) is 0 Å². The van der Waals surface area contributed by atoms with E-state index in [-0.39, 0.29) is 24.5 Å². The van der Waals surface area contributed by atoms with Crippen molar-refractivity contribution in [2.45, 2.75) is 24.8 Å². The lowest BCUT2D eigenvalue weighted by Crippen LogP contribution is -2.46. The van der Waals surface area contributed by atoms with E-state index in [9.17, 15) is 14.4 Å². The van der Waals surface area contributed by atoms with Crippen LogP contribution in [-0.4, -0.2) is 35.7 Å². The average molecular weight is 582 g/mol. The van der Waals surface area contributed by atoms with Crippen LogP contribution >= 0.6 is 22.6 Å². The highest BCUT2D eigenvalue weighted by Gasteiger charge is 2.35. The van der Waals surface area contributed by atoms with Crippen LogP contribution in [0.2, 0.25) is 0 Å². The van der Waals surface area contributed by atoms with E-state index in [1.165, 1.54) is 0 Å². The average Bonchev–Trinajstić information content (AvgIpc) is 3.12.